The van der Waals surface area contributed by atoms with E-state index < -0.39 is 92.5 Å². The number of likely N-dealkylation sites (tertiary alicyclic amines) is 1. The molecule has 0 bridgehead atoms. The molecule has 3 saturated heterocycles. The molecular weight excluding hydrogens is 955 g/mol. The van der Waals surface area contributed by atoms with Gasteiger partial charge in [0.25, 0.3) is 17.1 Å². The minimum Gasteiger partial charge on any atom is -0.456 e. The number of aliphatic hydroxyl groups is 2. The lowest BCUT2D eigenvalue weighted by Gasteiger charge is -2.46. The lowest BCUT2D eigenvalue weighted by atomic mass is 9.79. The number of alkyl carbamates (subject to hydrolysis) is 1. The highest BCUT2D eigenvalue weighted by molar-refractivity contribution is 8.03. The van der Waals surface area contributed by atoms with E-state index in [0.717, 1.165) is 0 Å². The Labute approximate surface area is 408 Å². The lowest BCUT2D eigenvalue weighted by molar-refractivity contribution is -0.385. The van der Waals surface area contributed by atoms with E-state index in [-0.39, 0.29) is 87.7 Å². The van der Waals surface area contributed by atoms with Gasteiger partial charge in [-0.2, -0.15) is 0 Å². The molecule has 4 N–H and O–H groups in total. The number of benzene rings is 3. The van der Waals surface area contributed by atoms with Gasteiger partial charge in [-0.15, -0.1) is 11.8 Å². The zero-order valence-corrected chi connectivity index (χ0v) is 39.0. The molecule has 71 heavy (non-hydrogen) atoms. The molecule has 4 heterocycles. The number of carbonyl (C=O) groups excluding carboxylic acids is 5. The second-order valence-electron chi connectivity index (χ2n) is 17.3. The van der Waals surface area contributed by atoms with Crippen LogP contribution in [-0.2, 0) is 48.4 Å². The Hall–Kier alpha value is -7.71. The average molecular weight is 1000 g/mol. The van der Waals surface area contributed by atoms with Gasteiger partial charge in [0, 0.05) is 85.2 Å². The van der Waals surface area contributed by atoms with Crippen molar-refractivity contribution in [1.29, 1.82) is 5.41 Å². The van der Waals surface area contributed by atoms with Gasteiger partial charge in [-0.1, -0.05) is 6.92 Å². The van der Waals surface area contributed by atoms with Gasteiger partial charge in [0.1, 0.15) is 25.5 Å². The number of hydrogen-bond acceptors (Lipinski definition) is 18. The Balaban J connectivity index is 1.01. The van der Waals surface area contributed by atoms with Crippen LogP contribution >= 0.6 is 11.8 Å². The van der Waals surface area contributed by atoms with Crippen LogP contribution in [-0.4, -0.2) is 143 Å². The monoisotopic (exact) mass is 1000 g/mol. The topological polar surface area (TPSA) is 332 Å². The number of rotatable bonds is 16. The molecule has 3 aromatic rings. The van der Waals surface area contributed by atoms with Crippen molar-refractivity contribution in [2.75, 3.05) is 32.7 Å². The van der Waals surface area contributed by atoms with E-state index in [0.29, 0.717) is 21.6 Å². The Morgan fingerprint density at radius 3 is 1.75 bits per heavy atom. The molecule has 0 saturated carbocycles. The molecule has 3 aromatic carbocycles. The van der Waals surface area contributed by atoms with Crippen molar-refractivity contribution in [2.45, 2.75) is 76.1 Å². The van der Waals surface area contributed by atoms with Crippen LogP contribution in [0.5, 0.6) is 0 Å². The van der Waals surface area contributed by atoms with Gasteiger partial charge >= 0.3 is 18.2 Å². The molecule has 376 valence electrons. The van der Waals surface area contributed by atoms with Crippen LogP contribution in [0.1, 0.15) is 43.4 Å². The fourth-order valence-electron chi connectivity index (χ4n) is 8.91. The number of carbonyl (C=O) groups is 5. The molecule has 0 aliphatic carbocycles. The summed E-state index contributed by atoms with van der Waals surface area (Å²) in [5.41, 5.74) is 0.861. The van der Waals surface area contributed by atoms with Crippen LogP contribution in [0.15, 0.2) is 83.4 Å². The van der Waals surface area contributed by atoms with Gasteiger partial charge < -0.3 is 44.0 Å². The molecule has 4 aliphatic heterocycles. The normalized spacial score (nSPS) is 21.4. The number of esters is 1. The van der Waals surface area contributed by atoms with Crippen molar-refractivity contribution in [1.82, 2.24) is 24.9 Å². The average Bonchev–Trinajstić information content (AvgIpc) is 3.88. The van der Waals surface area contributed by atoms with Crippen molar-refractivity contribution in [3.63, 3.8) is 0 Å². The van der Waals surface area contributed by atoms with Crippen molar-refractivity contribution >= 4 is 64.8 Å². The minimum absolute atomic E-state index is 0.0515. The molecule has 4 aliphatic rings. The van der Waals surface area contributed by atoms with Crippen LogP contribution in [0.3, 0.4) is 0 Å². The largest absolute Gasteiger partial charge is 0.456 e. The minimum atomic E-state index is -1.44. The molecule has 1 unspecified atom stereocenters. The highest BCUT2D eigenvalue weighted by Crippen LogP contribution is 2.52. The van der Waals surface area contributed by atoms with E-state index >= 15 is 0 Å². The Bertz CT molecular complexity index is 2610. The molecule has 7 atom stereocenters. The summed E-state index contributed by atoms with van der Waals surface area (Å²) < 4.78 is 16.4. The fourth-order valence-corrected chi connectivity index (χ4v) is 10.4. The molecule has 3 fully saturated rings. The van der Waals surface area contributed by atoms with E-state index in [1.165, 1.54) is 111 Å². The van der Waals surface area contributed by atoms with Gasteiger partial charge in [-0.05, 0) is 66.4 Å². The number of thioether (sulfide) groups is 1. The van der Waals surface area contributed by atoms with Crippen molar-refractivity contribution in [3.05, 3.63) is 130 Å². The quantitative estimate of drug-likeness (QED) is 0.0302. The van der Waals surface area contributed by atoms with E-state index in [1.807, 2.05) is 0 Å². The number of ether oxygens (including phenoxy) is 3. The lowest BCUT2D eigenvalue weighted by Crippen LogP contribution is -2.63. The summed E-state index contributed by atoms with van der Waals surface area (Å²) in [4.78, 5) is 105. The second kappa shape index (κ2) is 21.9. The highest BCUT2D eigenvalue weighted by Gasteiger charge is 2.60. The van der Waals surface area contributed by atoms with Gasteiger partial charge in [0.05, 0.1) is 51.4 Å². The molecule has 25 nitrogen and oxygen atoms in total. The number of nitrogens with zero attached hydrogens (tertiary/aromatic N) is 7. The van der Waals surface area contributed by atoms with Gasteiger partial charge in [-0.25, -0.2) is 14.4 Å². The van der Waals surface area contributed by atoms with Gasteiger partial charge in [0.15, 0.2) is 0 Å². The maximum atomic E-state index is 13.9. The third-order valence-electron chi connectivity index (χ3n) is 12.7. The molecule has 26 heteroatoms. The Morgan fingerprint density at radius 2 is 1.25 bits per heavy atom. The first-order valence-electron chi connectivity index (χ1n) is 22.3. The number of piperazine rings is 1. The van der Waals surface area contributed by atoms with Crippen molar-refractivity contribution < 1.29 is 63.2 Å². The fraction of sp³-hybridized carbons (Fsp3) is 0.422. The zero-order valence-electron chi connectivity index (χ0n) is 38.2. The van der Waals surface area contributed by atoms with Crippen LogP contribution in [0.25, 0.3) is 0 Å². The summed E-state index contributed by atoms with van der Waals surface area (Å²) in [5.74, 6) is -3.41. The number of hydrogen-bond donors (Lipinski definition) is 4. The number of β-lactam (4-membered cyclic amide) rings is 1. The molecule has 0 radical (unpaired) electrons. The molecule has 0 aromatic heterocycles. The van der Waals surface area contributed by atoms with E-state index in [2.05, 4.69) is 5.32 Å². The van der Waals surface area contributed by atoms with Crippen molar-refractivity contribution in [2.24, 2.45) is 11.8 Å². The zero-order chi connectivity index (χ0) is 51.3. The van der Waals surface area contributed by atoms with Crippen LogP contribution in [0.4, 0.5) is 26.7 Å². The van der Waals surface area contributed by atoms with Crippen molar-refractivity contribution in [3.8, 4) is 0 Å². The third kappa shape index (κ3) is 11.7. The molecular formula is C45H49N9O16S. The number of guanidine groups is 1. The van der Waals surface area contributed by atoms with Gasteiger partial charge in [-0.3, -0.25) is 50.7 Å². The Kier molecular flexibility index (Phi) is 15.8. The first-order chi connectivity index (χ1) is 33.8. The maximum absolute atomic E-state index is 13.9. The smallest absolute Gasteiger partial charge is 0.414 e. The van der Waals surface area contributed by atoms with E-state index in [4.69, 9.17) is 19.6 Å². The number of non-ortho nitro benzene ring substituents is 3. The second-order valence-corrected chi connectivity index (χ2v) is 18.6. The number of nitro groups is 3. The highest BCUT2D eigenvalue weighted by atomic mass is 32.2. The molecule has 7 rings (SSSR count). The molecule has 4 amide bonds. The van der Waals surface area contributed by atoms with Crippen LogP contribution in [0.2, 0.25) is 0 Å². The predicted octanol–water partition coefficient (Wildman–Crippen LogP) is 3.79. The third-order valence-corrected chi connectivity index (χ3v) is 14.2. The van der Waals surface area contributed by atoms with Crippen LogP contribution < -0.4 is 5.32 Å². The maximum Gasteiger partial charge on any atom is 0.414 e. The Morgan fingerprint density at radius 1 is 0.775 bits per heavy atom. The SMILES string of the molecule is C[C@@H](O)[C@H]1C(=O)N2C(C(=O)OCc3ccc([N+](=O)[O-])cc3)=C(S[C@H]3C[C@@H](C(O)CC(=O)N4CCN(C(=N)NC(=O)OCc5ccc([N+](=O)[O-])cc5)CC4)N(C(=O)OCc4ccc([N+](=O)[O-])cc4)C3)[C@H](C)[C@H]12. The van der Waals surface area contributed by atoms with E-state index in [9.17, 15) is 64.5 Å². The van der Waals surface area contributed by atoms with Gasteiger partial charge in [0.2, 0.25) is 17.8 Å². The summed E-state index contributed by atoms with van der Waals surface area (Å²) in [6, 6.07) is 14.5. The van der Waals surface area contributed by atoms with Crippen LogP contribution in [0, 0.1) is 47.6 Å². The number of nitro benzene ring substituents is 3. The number of nitrogens with one attached hydrogen (secondary N) is 2. The van der Waals surface area contributed by atoms with E-state index in [1.54, 1.807) is 6.92 Å². The summed E-state index contributed by atoms with van der Waals surface area (Å²) in [7, 11) is 0. The first kappa shape index (κ1) is 51.1. The number of amides is 4. The summed E-state index contributed by atoms with van der Waals surface area (Å²) in [6.07, 6.45) is -4.63. The number of fused-ring (bicyclic) bond motifs is 1. The standard InChI is InChI=1S/C45H49N9O16S/c1-25-38-37(26(2)55)41(58)51(38)39(42(59)68-22-27-3-9-30(10-4-27)52(62)63)40(25)71-33-19-34(50(21-33)45(61)70-24-29-7-13-32(14-8-29)54(66)67)35(56)20-36(57)48-15-17-49(18-16-48)43(46)47-44(60)69-23-28-5-11-31(12-6-28)53(64)65/h3-14,25-26,33-35,37-38,55-56H,15-24H2,1-2H3,(H2,46,47,60)/t25-,26-,33+,34+,35?,37-,38-/m1/s1. The predicted molar refractivity (Wildman–Crippen MR) is 248 cm³/mol. The first-order valence-corrected chi connectivity index (χ1v) is 23.1. The number of aliphatic hydroxyl groups excluding tert-OH is 2. The summed E-state index contributed by atoms with van der Waals surface area (Å²) in [6.45, 7) is 2.93. The summed E-state index contributed by atoms with van der Waals surface area (Å²) >= 11 is 1.19. The summed E-state index contributed by atoms with van der Waals surface area (Å²) in [5, 5.41) is 65.7. The molecule has 0 spiro atoms.